The van der Waals surface area contributed by atoms with Gasteiger partial charge < -0.3 is 0 Å². The molecule has 2 rings (SSSR count). The van der Waals surface area contributed by atoms with Gasteiger partial charge in [0, 0.05) is 11.8 Å². The fraction of sp³-hybridized carbons (Fsp3) is 0.267. The Hall–Kier alpha value is -1.70. The van der Waals surface area contributed by atoms with Crippen LogP contribution in [0.3, 0.4) is 0 Å². The summed E-state index contributed by atoms with van der Waals surface area (Å²) in [5.41, 5.74) is 3.66. The van der Waals surface area contributed by atoms with Gasteiger partial charge in [-0.05, 0) is 36.1 Å². The molecule has 1 aromatic heterocycles. The molecule has 0 N–H and O–H groups in total. The fourth-order valence-electron chi connectivity index (χ4n) is 1.92. The number of benzene rings is 1. The molecule has 0 saturated carbocycles. The first-order valence-corrected chi connectivity index (χ1v) is 5.99. The van der Waals surface area contributed by atoms with E-state index in [4.69, 9.17) is 0 Å². The molecule has 17 heavy (non-hydrogen) atoms. The molecule has 88 valence electrons. The Morgan fingerprint density at radius 2 is 1.88 bits per heavy atom. The van der Waals surface area contributed by atoms with Crippen molar-refractivity contribution in [2.45, 2.75) is 26.7 Å². The second kappa shape index (κ2) is 5.09. The van der Waals surface area contributed by atoms with Crippen LogP contribution in [-0.4, -0.2) is 4.98 Å². The number of rotatable bonds is 3. The van der Waals surface area contributed by atoms with E-state index >= 15 is 0 Å². The van der Waals surface area contributed by atoms with Crippen LogP contribution in [0.1, 0.15) is 25.0 Å². The van der Waals surface area contributed by atoms with Gasteiger partial charge in [0.25, 0.3) is 0 Å². The van der Waals surface area contributed by atoms with Crippen LogP contribution >= 0.6 is 0 Å². The second-order valence-electron chi connectivity index (χ2n) is 4.04. The molecule has 2 heteroatoms. The van der Waals surface area contributed by atoms with Crippen LogP contribution in [0.5, 0.6) is 0 Å². The minimum absolute atomic E-state index is 0.209. The van der Waals surface area contributed by atoms with E-state index in [1.54, 1.807) is 12.1 Å². The quantitative estimate of drug-likeness (QED) is 0.774. The monoisotopic (exact) mass is 229 g/mol. The lowest BCUT2D eigenvalue weighted by molar-refractivity contribution is 0.630. The third-order valence-corrected chi connectivity index (χ3v) is 2.94. The van der Waals surface area contributed by atoms with Crippen LogP contribution in [0, 0.1) is 5.82 Å². The van der Waals surface area contributed by atoms with Crippen molar-refractivity contribution >= 4 is 0 Å². The van der Waals surface area contributed by atoms with Crippen molar-refractivity contribution in [3.8, 4) is 11.3 Å². The van der Waals surface area contributed by atoms with Crippen molar-refractivity contribution in [2.24, 2.45) is 0 Å². The third kappa shape index (κ3) is 2.36. The van der Waals surface area contributed by atoms with E-state index in [-0.39, 0.29) is 5.82 Å². The molecular weight excluding hydrogens is 213 g/mol. The number of hydrogen-bond acceptors (Lipinski definition) is 1. The van der Waals surface area contributed by atoms with E-state index in [1.807, 2.05) is 12.3 Å². The second-order valence-corrected chi connectivity index (χ2v) is 4.04. The van der Waals surface area contributed by atoms with E-state index in [9.17, 15) is 4.39 Å². The van der Waals surface area contributed by atoms with Crippen molar-refractivity contribution in [3.63, 3.8) is 0 Å². The first-order valence-electron chi connectivity index (χ1n) is 5.99. The van der Waals surface area contributed by atoms with Crippen molar-refractivity contribution < 1.29 is 4.39 Å². The van der Waals surface area contributed by atoms with Crippen LogP contribution in [0.15, 0.2) is 36.5 Å². The van der Waals surface area contributed by atoms with Gasteiger partial charge in [-0.1, -0.05) is 32.0 Å². The van der Waals surface area contributed by atoms with E-state index in [1.165, 1.54) is 11.6 Å². The minimum Gasteiger partial charge on any atom is -0.256 e. The summed E-state index contributed by atoms with van der Waals surface area (Å²) in [6.07, 6.45) is 3.66. The molecule has 0 aliphatic heterocycles. The zero-order valence-electron chi connectivity index (χ0n) is 10.2. The molecule has 0 atom stereocenters. The molecular formula is C15H16FN. The van der Waals surface area contributed by atoms with Crippen molar-refractivity contribution in [2.75, 3.05) is 0 Å². The summed E-state index contributed by atoms with van der Waals surface area (Å²) in [4.78, 5) is 4.41. The molecule has 0 radical (unpaired) electrons. The van der Waals surface area contributed by atoms with E-state index in [2.05, 4.69) is 24.9 Å². The zero-order valence-corrected chi connectivity index (χ0v) is 10.2. The highest BCUT2D eigenvalue weighted by atomic mass is 19.1. The molecule has 1 aromatic carbocycles. The zero-order chi connectivity index (χ0) is 12.3. The van der Waals surface area contributed by atoms with Crippen LogP contribution in [0.25, 0.3) is 11.3 Å². The topological polar surface area (TPSA) is 12.9 Å². The average Bonchev–Trinajstić information content (AvgIpc) is 2.38. The van der Waals surface area contributed by atoms with Gasteiger partial charge in [0.2, 0.25) is 0 Å². The number of aromatic nitrogens is 1. The largest absolute Gasteiger partial charge is 0.256 e. The van der Waals surface area contributed by atoms with Crippen LogP contribution in [-0.2, 0) is 12.8 Å². The average molecular weight is 229 g/mol. The number of pyridine rings is 1. The normalized spacial score (nSPS) is 10.5. The summed E-state index contributed by atoms with van der Waals surface area (Å²) < 4.78 is 13.7. The van der Waals surface area contributed by atoms with Crippen molar-refractivity contribution in [1.29, 1.82) is 0 Å². The maximum absolute atomic E-state index is 13.7. The predicted octanol–water partition coefficient (Wildman–Crippen LogP) is 4.01. The molecule has 0 unspecified atom stereocenters. The van der Waals surface area contributed by atoms with Gasteiger partial charge in [0.15, 0.2) is 0 Å². The van der Waals surface area contributed by atoms with Gasteiger partial charge in [0.1, 0.15) is 5.82 Å². The first-order chi connectivity index (χ1) is 8.26. The lowest BCUT2D eigenvalue weighted by Gasteiger charge is -2.09. The standard InChI is InChI=1S/C15H16FN/c1-3-11-9-12(4-2)15(17-10-11)13-7-5-6-8-14(13)16/h5-10H,3-4H2,1-2H3. The van der Waals surface area contributed by atoms with Crippen LogP contribution in [0.4, 0.5) is 4.39 Å². The van der Waals surface area contributed by atoms with E-state index < -0.39 is 0 Å². The maximum atomic E-state index is 13.7. The van der Waals surface area contributed by atoms with Crippen LogP contribution < -0.4 is 0 Å². The molecule has 0 saturated heterocycles. The highest BCUT2D eigenvalue weighted by Gasteiger charge is 2.10. The molecule has 1 heterocycles. The molecule has 0 spiro atoms. The molecule has 0 aliphatic rings. The summed E-state index contributed by atoms with van der Waals surface area (Å²) in [6.45, 7) is 4.17. The Kier molecular flexibility index (Phi) is 3.52. The number of hydrogen-bond donors (Lipinski definition) is 0. The van der Waals surface area contributed by atoms with Gasteiger partial charge in [-0.15, -0.1) is 0 Å². The Morgan fingerprint density at radius 3 is 2.53 bits per heavy atom. The Balaban J connectivity index is 2.56. The number of nitrogens with zero attached hydrogens (tertiary/aromatic N) is 1. The Morgan fingerprint density at radius 1 is 1.12 bits per heavy atom. The highest BCUT2D eigenvalue weighted by molar-refractivity contribution is 5.64. The predicted molar refractivity (Wildman–Crippen MR) is 68.4 cm³/mol. The Labute approximate surface area is 101 Å². The lowest BCUT2D eigenvalue weighted by atomic mass is 10.0. The van der Waals surface area contributed by atoms with Gasteiger partial charge in [-0.25, -0.2) is 4.39 Å². The summed E-state index contributed by atoms with van der Waals surface area (Å²) in [7, 11) is 0. The maximum Gasteiger partial charge on any atom is 0.132 e. The summed E-state index contributed by atoms with van der Waals surface area (Å²) in [6, 6.07) is 8.92. The highest BCUT2D eigenvalue weighted by Crippen LogP contribution is 2.25. The first kappa shape index (κ1) is 11.8. The molecule has 0 aliphatic carbocycles. The van der Waals surface area contributed by atoms with Crippen LogP contribution in [0.2, 0.25) is 0 Å². The van der Waals surface area contributed by atoms with Gasteiger partial charge >= 0.3 is 0 Å². The van der Waals surface area contributed by atoms with Crippen molar-refractivity contribution in [3.05, 3.63) is 53.5 Å². The van der Waals surface area contributed by atoms with Crippen molar-refractivity contribution in [1.82, 2.24) is 4.98 Å². The lowest BCUT2D eigenvalue weighted by Crippen LogP contribution is -1.96. The molecule has 2 aromatic rings. The smallest absolute Gasteiger partial charge is 0.132 e. The molecule has 0 amide bonds. The van der Waals surface area contributed by atoms with Gasteiger partial charge in [-0.3, -0.25) is 4.98 Å². The summed E-state index contributed by atoms with van der Waals surface area (Å²) in [5, 5.41) is 0. The van der Waals surface area contributed by atoms with E-state index in [0.717, 1.165) is 24.1 Å². The number of aryl methyl sites for hydroxylation is 2. The summed E-state index contributed by atoms with van der Waals surface area (Å²) in [5.74, 6) is -0.209. The minimum atomic E-state index is -0.209. The summed E-state index contributed by atoms with van der Waals surface area (Å²) >= 11 is 0. The SMILES string of the molecule is CCc1cnc(-c2ccccc2F)c(CC)c1. The van der Waals surface area contributed by atoms with Gasteiger partial charge in [0.05, 0.1) is 5.69 Å². The Bertz CT molecular complexity index is 520. The number of halogens is 1. The van der Waals surface area contributed by atoms with E-state index in [0.29, 0.717) is 5.56 Å². The molecule has 0 fully saturated rings. The molecule has 0 bridgehead atoms. The fourth-order valence-corrected chi connectivity index (χ4v) is 1.92. The third-order valence-electron chi connectivity index (χ3n) is 2.94. The van der Waals surface area contributed by atoms with Gasteiger partial charge in [-0.2, -0.15) is 0 Å². The molecule has 1 nitrogen and oxygen atoms in total.